The van der Waals surface area contributed by atoms with Gasteiger partial charge in [0, 0.05) is 24.5 Å². The van der Waals surface area contributed by atoms with Gasteiger partial charge in [0.15, 0.2) is 0 Å². The van der Waals surface area contributed by atoms with Crippen LogP contribution in [0.5, 0.6) is 0 Å². The Balaban J connectivity index is 1.95. The molecule has 0 bridgehead atoms. The highest BCUT2D eigenvalue weighted by Crippen LogP contribution is 2.14. The van der Waals surface area contributed by atoms with Crippen LogP contribution in [0.2, 0.25) is 0 Å². The van der Waals surface area contributed by atoms with Crippen molar-refractivity contribution in [1.29, 1.82) is 0 Å². The van der Waals surface area contributed by atoms with Crippen molar-refractivity contribution in [3.8, 4) is 11.8 Å². The Morgan fingerprint density at radius 2 is 2.17 bits per heavy atom. The van der Waals surface area contributed by atoms with Crippen LogP contribution in [0.1, 0.15) is 26.3 Å². The van der Waals surface area contributed by atoms with Gasteiger partial charge in [-0.15, -0.1) is 0 Å². The van der Waals surface area contributed by atoms with Crippen LogP contribution in [0, 0.1) is 11.8 Å². The van der Waals surface area contributed by atoms with Crippen LogP contribution in [0.3, 0.4) is 0 Å². The molecule has 6 heteroatoms. The summed E-state index contributed by atoms with van der Waals surface area (Å²) in [6.45, 7) is 6.49. The molecule has 1 aromatic rings. The molecule has 124 valence electrons. The lowest BCUT2D eigenvalue weighted by atomic mass is 10.1. The Morgan fingerprint density at radius 1 is 1.48 bits per heavy atom. The second kappa shape index (κ2) is 7.44. The molecule has 1 aromatic heterocycles. The molecule has 1 amide bonds. The summed E-state index contributed by atoms with van der Waals surface area (Å²) in [6, 6.07) is 3.52. The molecule has 23 heavy (non-hydrogen) atoms. The van der Waals surface area contributed by atoms with Crippen LogP contribution in [-0.2, 0) is 9.47 Å². The highest BCUT2D eigenvalue weighted by Gasteiger charge is 2.31. The summed E-state index contributed by atoms with van der Waals surface area (Å²) < 4.78 is 10.9. The molecule has 1 N–H and O–H groups in total. The molecule has 0 aliphatic carbocycles. The van der Waals surface area contributed by atoms with Crippen LogP contribution in [0.25, 0.3) is 0 Å². The number of carbonyl (C=O) groups is 1. The molecule has 1 saturated heterocycles. The van der Waals surface area contributed by atoms with Gasteiger partial charge in [0.05, 0.1) is 13.2 Å². The predicted octanol–water partition coefficient (Wildman–Crippen LogP) is 1.43. The summed E-state index contributed by atoms with van der Waals surface area (Å²) >= 11 is 0. The van der Waals surface area contributed by atoms with Crippen LogP contribution in [-0.4, -0.2) is 58.6 Å². The number of morpholine rings is 1. The van der Waals surface area contributed by atoms with Crippen LogP contribution in [0.4, 0.5) is 4.79 Å². The van der Waals surface area contributed by atoms with Gasteiger partial charge >= 0.3 is 6.09 Å². The van der Waals surface area contributed by atoms with Crippen molar-refractivity contribution in [1.82, 2.24) is 9.88 Å². The van der Waals surface area contributed by atoms with Crippen molar-refractivity contribution in [3.05, 3.63) is 30.1 Å². The number of nitrogens with zero attached hydrogens (tertiary/aromatic N) is 2. The van der Waals surface area contributed by atoms with Crippen molar-refractivity contribution >= 4 is 6.09 Å². The number of aromatic nitrogens is 1. The molecule has 2 heterocycles. The van der Waals surface area contributed by atoms with Crippen molar-refractivity contribution in [2.24, 2.45) is 0 Å². The molecule has 0 spiro atoms. The van der Waals surface area contributed by atoms with E-state index in [1.54, 1.807) is 24.5 Å². The van der Waals surface area contributed by atoms with Crippen molar-refractivity contribution in [2.75, 3.05) is 19.7 Å². The third kappa shape index (κ3) is 5.55. The number of amides is 1. The lowest BCUT2D eigenvalue weighted by Crippen LogP contribution is -2.50. The summed E-state index contributed by atoms with van der Waals surface area (Å²) in [7, 11) is 0. The first kappa shape index (κ1) is 17.3. The molecular weight excluding hydrogens is 296 g/mol. The molecule has 0 saturated carbocycles. The molecule has 2 atom stereocenters. The minimum Gasteiger partial charge on any atom is -0.444 e. The van der Waals surface area contributed by atoms with Gasteiger partial charge < -0.3 is 19.5 Å². The minimum absolute atomic E-state index is 0.251. The normalized spacial score (nSPS) is 19.5. The van der Waals surface area contributed by atoms with Gasteiger partial charge in [0.25, 0.3) is 0 Å². The van der Waals surface area contributed by atoms with Gasteiger partial charge in [-0.05, 0) is 32.9 Å². The average molecular weight is 318 g/mol. The van der Waals surface area contributed by atoms with Gasteiger partial charge in [0.2, 0.25) is 0 Å². The maximum atomic E-state index is 12.1. The maximum absolute atomic E-state index is 12.1. The van der Waals surface area contributed by atoms with E-state index in [9.17, 15) is 9.90 Å². The lowest BCUT2D eigenvalue weighted by molar-refractivity contribution is -0.0746. The van der Waals surface area contributed by atoms with Crippen molar-refractivity contribution in [2.45, 2.75) is 38.6 Å². The molecule has 1 aliphatic rings. The third-order valence-electron chi connectivity index (χ3n) is 3.14. The lowest BCUT2D eigenvalue weighted by Gasteiger charge is -2.34. The van der Waals surface area contributed by atoms with Crippen molar-refractivity contribution < 1.29 is 19.4 Å². The molecule has 0 radical (unpaired) electrons. The van der Waals surface area contributed by atoms with E-state index in [2.05, 4.69) is 16.8 Å². The predicted molar refractivity (Wildman–Crippen MR) is 84.7 cm³/mol. The molecule has 2 rings (SSSR count). The van der Waals surface area contributed by atoms with E-state index in [0.717, 1.165) is 5.56 Å². The topological polar surface area (TPSA) is 71.9 Å². The summed E-state index contributed by atoms with van der Waals surface area (Å²) in [4.78, 5) is 17.5. The van der Waals surface area contributed by atoms with Gasteiger partial charge in [-0.25, -0.2) is 4.79 Å². The molecule has 0 aromatic carbocycles. The van der Waals surface area contributed by atoms with E-state index in [0.29, 0.717) is 13.2 Å². The van der Waals surface area contributed by atoms with Gasteiger partial charge in [0.1, 0.15) is 17.8 Å². The Kier molecular flexibility index (Phi) is 5.59. The fourth-order valence-electron chi connectivity index (χ4n) is 2.04. The van der Waals surface area contributed by atoms with Gasteiger partial charge in [-0.2, -0.15) is 0 Å². The zero-order valence-electron chi connectivity index (χ0n) is 13.7. The Morgan fingerprint density at radius 3 is 2.83 bits per heavy atom. The quantitative estimate of drug-likeness (QED) is 0.793. The first-order valence-electron chi connectivity index (χ1n) is 7.54. The number of ether oxygens (including phenoxy) is 2. The van der Waals surface area contributed by atoms with E-state index < -0.39 is 23.9 Å². The average Bonchev–Trinajstić information content (AvgIpc) is 2.52. The molecule has 1 fully saturated rings. The van der Waals surface area contributed by atoms with E-state index in [-0.39, 0.29) is 6.54 Å². The number of hydrogen-bond acceptors (Lipinski definition) is 5. The number of rotatable bonds is 1. The van der Waals surface area contributed by atoms with Crippen LogP contribution in [0.15, 0.2) is 24.5 Å². The SMILES string of the molecule is CC(C)(C)OC(=O)N1CCOC(C(O)C#Cc2ccncc2)C1. The second-order valence-electron chi connectivity index (χ2n) is 6.29. The Bertz CT molecular complexity index is 586. The number of aliphatic hydroxyl groups excluding tert-OH is 1. The molecule has 6 nitrogen and oxygen atoms in total. The van der Waals surface area contributed by atoms with Crippen LogP contribution < -0.4 is 0 Å². The van der Waals surface area contributed by atoms with Crippen molar-refractivity contribution in [3.63, 3.8) is 0 Å². The Labute approximate surface area is 136 Å². The zero-order valence-corrected chi connectivity index (χ0v) is 13.7. The fourth-order valence-corrected chi connectivity index (χ4v) is 2.04. The van der Waals surface area contributed by atoms with E-state index >= 15 is 0 Å². The highest BCUT2D eigenvalue weighted by atomic mass is 16.6. The standard InChI is InChI=1S/C17H22N2O4/c1-17(2,3)23-16(21)19-10-11-22-15(12-19)14(20)5-4-13-6-8-18-9-7-13/h6-9,14-15,20H,10-12H2,1-3H3. The smallest absolute Gasteiger partial charge is 0.410 e. The highest BCUT2D eigenvalue weighted by molar-refractivity contribution is 5.68. The third-order valence-corrected chi connectivity index (χ3v) is 3.14. The summed E-state index contributed by atoms with van der Waals surface area (Å²) in [6.07, 6.45) is 1.34. The maximum Gasteiger partial charge on any atom is 0.410 e. The number of aliphatic hydroxyl groups is 1. The second-order valence-corrected chi connectivity index (χ2v) is 6.29. The number of carbonyl (C=O) groups excluding carboxylic acids is 1. The van der Waals surface area contributed by atoms with Gasteiger partial charge in [-0.3, -0.25) is 4.98 Å². The zero-order chi connectivity index (χ0) is 16.9. The summed E-state index contributed by atoms with van der Waals surface area (Å²) in [5.41, 5.74) is 0.212. The van der Waals surface area contributed by atoms with Gasteiger partial charge in [-0.1, -0.05) is 11.8 Å². The van der Waals surface area contributed by atoms with Crippen LogP contribution >= 0.6 is 0 Å². The van der Waals surface area contributed by atoms with E-state index in [1.165, 1.54) is 4.90 Å². The first-order valence-corrected chi connectivity index (χ1v) is 7.54. The summed E-state index contributed by atoms with van der Waals surface area (Å²) in [5.74, 6) is 5.62. The first-order chi connectivity index (χ1) is 10.8. The Hall–Kier alpha value is -2.10. The number of pyridine rings is 1. The molecular formula is C17H22N2O4. The summed E-state index contributed by atoms with van der Waals surface area (Å²) in [5, 5.41) is 10.2. The fraction of sp³-hybridized carbons (Fsp3) is 0.529. The minimum atomic E-state index is -0.978. The monoisotopic (exact) mass is 318 g/mol. The molecule has 1 aliphatic heterocycles. The molecule has 2 unspecified atom stereocenters. The largest absolute Gasteiger partial charge is 0.444 e. The number of hydrogen-bond donors (Lipinski definition) is 1. The van der Waals surface area contributed by atoms with E-state index in [1.807, 2.05) is 20.8 Å². The van der Waals surface area contributed by atoms with E-state index in [4.69, 9.17) is 9.47 Å².